The highest BCUT2D eigenvalue weighted by Crippen LogP contribution is 2.15. The van der Waals surface area contributed by atoms with Crippen LogP contribution in [0, 0.1) is 6.92 Å². The van der Waals surface area contributed by atoms with Crippen molar-refractivity contribution < 1.29 is 9.53 Å². The van der Waals surface area contributed by atoms with Gasteiger partial charge < -0.3 is 4.74 Å². The van der Waals surface area contributed by atoms with E-state index >= 15 is 0 Å². The lowest BCUT2D eigenvalue weighted by Gasteiger charge is -2.04. The Morgan fingerprint density at radius 3 is 2.95 bits per heavy atom. The molecule has 2 heterocycles. The van der Waals surface area contributed by atoms with Crippen molar-refractivity contribution in [2.45, 2.75) is 6.92 Å². The fourth-order valence-electron chi connectivity index (χ4n) is 1.67. The summed E-state index contributed by atoms with van der Waals surface area (Å²) in [5, 5.41) is 8.77. The van der Waals surface area contributed by atoms with Gasteiger partial charge in [-0.2, -0.15) is 4.98 Å². The summed E-state index contributed by atoms with van der Waals surface area (Å²) in [5.74, 6) is 0.656. The SMILES string of the molecule is Cc1csc2nc(NC(=O)COc3ccccc3)nn12. The molecule has 0 aliphatic rings. The van der Waals surface area contributed by atoms with E-state index in [4.69, 9.17) is 4.74 Å². The number of rotatable bonds is 4. The number of anilines is 1. The zero-order valence-electron chi connectivity index (χ0n) is 10.7. The summed E-state index contributed by atoms with van der Waals surface area (Å²) in [4.78, 5) is 16.7. The first-order chi connectivity index (χ1) is 9.72. The van der Waals surface area contributed by atoms with E-state index < -0.39 is 0 Å². The molecule has 0 saturated heterocycles. The second-order valence-electron chi connectivity index (χ2n) is 4.16. The van der Waals surface area contributed by atoms with E-state index in [1.54, 1.807) is 16.6 Å². The molecule has 0 saturated carbocycles. The molecule has 0 aliphatic carbocycles. The number of nitrogens with zero attached hydrogens (tertiary/aromatic N) is 3. The molecule has 0 spiro atoms. The van der Waals surface area contributed by atoms with Crippen molar-refractivity contribution in [2.75, 3.05) is 11.9 Å². The average Bonchev–Trinajstić information content (AvgIpc) is 3.00. The molecule has 3 rings (SSSR count). The molecule has 0 bridgehead atoms. The van der Waals surface area contributed by atoms with Crippen molar-refractivity contribution in [3.05, 3.63) is 41.4 Å². The minimum atomic E-state index is -0.287. The molecule has 0 atom stereocenters. The number of ether oxygens (including phenoxy) is 1. The summed E-state index contributed by atoms with van der Waals surface area (Å²) in [6.07, 6.45) is 0. The molecule has 0 unspecified atom stereocenters. The van der Waals surface area contributed by atoms with Gasteiger partial charge in [0.1, 0.15) is 5.75 Å². The largest absolute Gasteiger partial charge is 0.484 e. The standard InChI is InChI=1S/C13H12N4O2S/c1-9-8-20-13-15-12(16-17(9)13)14-11(18)7-19-10-5-3-2-4-6-10/h2-6,8H,7H2,1H3,(H,14,16,18). The van der Waals surface area contributed by atoms with Gasteiger partial charge in [-0.25, -0.2) is 4.52 Å². The lowest BCUT2D eigenvalue weighted by atomic mass is 10.3. The summed E-state index contributed by atoms with van der Waals surface area (Å²) in [7, 11) is 0. The topological polar surface area (TPSA) is 68.5 Å². The maximum absolute atomic E-state index is 11.7. The first-order valence-electron chi connectivity index (χ1n) is 6.01. The Labute approximate surface area is 119 Å². The minimum Gasteiger partial charge on any atom is -0.484 e. The third-order valence-corrected chi connectivity index (χ3v) is 3.54. The van der Waals surface area contributed by atoms with Crippen LogP contribution >= 0.6 is 11.3 Å². The van der Waals surface area contributed by atoms with E-state index in [1.807, 2.05) is 30.5 Å². The summed E-state index contributed by atoms with van der Waals surface area (Å²) >= 11 is 1.48. The zero-order valence-corrected chi connectivity index (χ0v) is 11.6. The van der Waals surface area contributed by atoms with Crippen LogP contribution in [0.5, 0.6) is 5.75 Å². The van der Waals surface area contributed by atoms with Gasteiger partial charge in [-0.3, -0.25) is 10.1 Å². The summed E-state index contributed by atoms with van der Waals surface area (Å²) in [5.41, 5.74) is 0.985. The van der Waals surface area contributed by atoms with E-state index in [1.165, 1.54) is 11.3 Å². The number of fused-ring (bicyclic) bond motifs is 1. The minimum absolute atomic E-state index is 0.0736. The molecule has 7 heteroatoms. The number of hydrogen-bond acceptors (Lipinski definition) is 5. The molecule has 6 nitrogen and oxygen atoms in total. The number of hydrogen-bond donors (Lipinski definition) is 1. The molecule has 3 aromatic rings. The fourth-order valence-corrected chi connectivity index (χ4v) is 2.47. The lowest BCUT2D eigenvalue weighted by Crippen LogP contribution is -2.20. The Kier molecular flexibility index (Phi) is 3.34. The van der Waals surface area contributed by atoms with Gasteiger partial charge >= 0.3 is 0 Å². The first kappa shape index (κ1) is 12.6. The molecule has 0 aliphatic heterocycles. The van der Waals surface area contributed by atoms with Crippen LogP contribution in [0.2, 0.25) is 0 Å². The molecular weight excluding hydrogens is 276 g/mol. The average molecular weight is 288 g/mol. The van der Waals surface area contributed by atoms with Crippen molar-refractivity contribution >= 4 is 28.2 Å². The smallest absolute Gasteiger partial charge is 0.264 e. The van der Waals surface area contributed by atoms with Gasteiger partial charge in [0.2, 0.25) is 4.96 Å². The number of aryl methyl sites for hydroxylation is 1. The van der Waals surface area contributed by atoms with Gasteiger partial charge in [-0.1, -0.05) is 18.2 Å². The van der Waals surface area contributed by atoms with Gasteiger partial charge in [-0.15, -0.1) is 16.4 Å². The number of carbonyl (C=O) groups excluding carboxylic acids is 1. The molecular formula is C13H12N4O2S. The van der Waals surface area contributed by atoms with Gasteiger partial charge in [0.05, 0.1) is 5.69 Å². The summed E-state index contributed by atoms with van der Waals surface area (Å²) in [6.45, 7) is 1.86. The zero-order chi connectivity index (χ0) is 13.9. The maximum atomic E-state index is 11.7. The number of benzene rings is 1. The van der Waals surface area contributed by atoms with Crippen molar-refractivity contribution in [2.24, 2.45) is 0 Å². The molecule has 1 N–H and O–H groups in total. The third kappa shape index (κ3) is 2.62. The molecule has 102 valence electrons. The van der Waals surface area contributed by atoms with Gasteiger partial charge in [0.25, 0.3) is 11.9 Å². The molecule has 0 radical (unpaired) electrons. The van der Waals surface area contributed by atoms with Crippen LogP contribution in [0.4, 0.5) is 5.95 Å². The summed E-state index contributed by atoms with van der Waals surface area (Å²) < 4.78 is 7.04. The second kappa shape index (κ2) is 5.30. The van der Waals surface area contributed by atoms with Crippen LogP contribution in [0.15, 0.2) is 35.7 Å². The van der Waals surface area contributed by atoms with E-state index in [0.29, 0.717) is 11.7 Å². The number of carbonyl (C=O) groups is 1. The predicted molar refractivity (Wildman–Crippen MR) is 76.2 cm³/mol. The van der Waals surface area contributed by atoms with Crippen molar-refractivity contribution in [3.8, 4) is 5.75 Å². The van der Waals surface area contributed by atoms with E-state index in [0.717, 1.165) is 10.7 Å². The highest BCUT2D eigenvalue weighted by atomic mass is 32.1. The molecule has 1 amide bonds. The quantitative estimate of drug-likeness (QED) is 0.798. The van der Waals surface area contributed by atoms with E-state index in [9.17, 15) is 4.79 Å². The Balaban J connectivity index is 1.61. The molecule has 20 heavy (non-hydrogen) atoms. The van der Waals surface area contributed by atoms with Crippen LogP contribution in [-0.4, -0.2) is 27.1 Å². The maximum Gasteiger partial charge on any atom is 0.264 e. The number of amides is 1. The molecule has 2 aromatic heterocycles. The fraction of sp³-hybridized carbons (Fsp3) is 0.154. The van der Waals surface area contributed by atoms with Gasteiger partial charge in [0, 0.05) is 5.38 Å². The Morgan fingerprint density at radius 2 is 2.20 bits per heavy atom. The second-order valence-corrected chi connectivity index (χ2v) is 4.99. The predicted octanol–water partition coefficient (Wildman–Crippen LogP) is 2.12. The van der Waals surface area contributed by atoms with Crippen LogP contribution in [0.3, 0.4) is 0 Å². The first-order valence-corrected chi connectivity index (χ1v) is 6.89. The van der Waals surface area contributed by atoms with Crippen LogP contribution in [0.1, 0.15) is 5.69 Å². The monoisotopic (exact) mass is 288 g/mol. The number of nitrogens with one attached hydrogen (secondary N) is 1. The highest BCUT2D eigenvalue weighted by molar-refractivity contribution is 7.15. The van der Waals surface area contributed by atoms with Gasteiger partial charge in [0.15, 0.2) is 6.61 Å². The summed E-state index contributed by atoms with van der Waals surface area (Å²) in [6, 6.07) is 9.17. The molecule has 0 fully saturated rings. The van der Waals surface area contributed by atoms with E-state index in [2.05, 4.69) is 15.4 Å². The van der Waals surface area contributed by atoms with E-state index in [-0.39, 0.29) is 12.5 Å². The van der Waals surface area contributed by atoms with Crippen LogP contribution < -0.4 is 10.1 Å². The normalized spacial score (nSPS) is 10.7. The van der Waals surface area contributed by atoms with Crippen molar-refractivity contribution in [3.63, 3.8) is 0 Å². The van der Waals surface area contributed by atoms with Crippen molar-refractivity contribution in [1.82, 2.24) is 14.6 Å². The van der Waals surface area contributed by atoms with Crippen molar-refractivity contribution in [1.29, 1.82) is 0 Å². The molecule has 1 aromatic carbocycles. The number of aromatic nitrogens is 3. The van der Waals surface area contributed by atoms with Crippen LogP contribution in [-0.2, 0) is 4.79 Å². The third-order valence-electron chi connectivity index (χ3n) is 2.61. The number of para-hydroxylation sites is 1. The lowest BCUT2D eigenvalue weighted by molar-refractivity contribution is -0.118. The Morgan fingerprint density at radius 1 is 1.40 bits per heavy atom. The highest BCUT2D eigenvalue weighted by Gasteiger charge is 2.10. The van der Waals surface area contributed by atoms with Crippen LogP contribution in [0.25, 0.3) is 4.96 Å². The van der Waals surface area contributed by atoms with Gasteiger partial charge in [-0.05, 0) is 19.1 Å². The Bertz CT molecular complexity index is 735. The number of thiazole rings is 1. The Hall–Kier alpha value is -2.41.